The Bertz CT molecular complexity index is 797. The molecule has 3 N–H and O–H groups in total. The van der Waals surface area contributed by atoms with Crippen LogP contribution in [0.2, 0.25) is 0 Å². The molecule has 0 fully saturated rings. The van der Waals surface area contributed by atoms with Crippen molar-refractivity contribution in [2.24, 2.45) is 5.14 Å². The number of rotatable bonds is 4. The second-order valence-corrected chi connectivity index (χ2v) is 6.35. The predicted octanol–water partition coefficient (Wildman–Crippen LogP) is 0.951. The molecule has 2 rings (SSSR count). The topological polar surface area (TPSA) is 145 Å². The second-order valence-electron chi connectivity index (χ2n) is 3.78. The molecular formula is C10H8N4O5S2. The molecule has 0 saturated carbocycles. The Morgan fingerprint density at radius 2 is 1.95 bits per heavy atom. The van der Waals surface area contributed by atoms with E-state index in [4.69, 9.17) is 5.14 Å². The van der Waals surface area contributed by atoms with Crippen molar-refractivity contribution >= 4 is 37.4 Å². The van der Waals surface area contributed by atoms with E-state index in [1.807, 2.05) is 0 Å². The molecule has 1 heterocycles. The number of nitro groups is 1. The van der Waals surface area contributed by atoms with Crippen molar-refractivity contribution in [2.45, 2.75) is 4.90 Å². The first kappa shape index (κ1) is 15.0. The maximum atomic E-state index is 11.9. The van der Waals surface area contributed by atoms with Gasteiger partial charge in [0.1, 0.15) is 6.20 Å². The van der Waals surface area contributed by atoms with Crippen molar-refractivity contribution in [1.82, 2.24) is 4.98 Å². The van der Waals surface area contributed by atoms with Crippen LogP contribution in [0.1, 0.15) is 10.4 Å². The number of carbonyl (C=O) groups excluding carboxylic acids is 1. The SMILES string of the molecule is NS(=O)(=O)c1ccc(C(=O)Nc2ncc([N+](=O)[O-])s2)cc1. The van der Waals surface area contributed by atoms with E-state index in [2.05, 4.69) is 10.3 Å². The lowest BCUT2D eigenvalue weighted by atomic mass is 10.2. The Hall–Kier alpha value is -2.37. The third kappa shape index (κ3) is 3.59. The summed E-state index contributed by atoms with van der Waals surface area (Å²) in [5.41, 5.74) is 0.167. The first-order chi connectivity index (χ1) is 9.77. The Balaban J connectivity index is 2.14. The van der Waals surface area contributed by atoms with Gasteiger partial charge in [0.15, 0.2) is 5.13 Å². The summed E-state index contributed by atoms with van der Waals surface area (Å²) in [6.07, 6.45) is 1.03. The molecule has 0 saturated heterocycles. The van der Waals surface area contributed by atoms with Crippen LogP contribution in [0.4, 0.5) is 10.1 Å². The molecule has 1 aromatic heterocycles. The molecule has 0 bridgehead atoms. The molecule has 0 radical (unpaired) electrons. The van der Waals surface area contributed by atoms with E-state index in [0.717, 1.165) is 6.20 Å². The predicted molar refractivity (Wildman–Crippen MR) is 74.5 cm³/mol. The summed E-state index contributed by atoms with van der Waals surface area (Å²) in [4.78, 5) is 25.3. The van der Waals surface area contributed by atoms with Crippen molar-refractivity contribution < 1.29 is 18.1 Å². The van der Waals surface area contributed by atoms with Gasteiger partial charge in [-0.3, -0.25) is 20.2 Å². The number of amides is 1. The zero-order chi connectivity index (χ0) is 15.6. The van der Waals surface area contributed by atoms with Crippen LogP contribution in [0.5, 0.6) is 0 Å². The first-order valence-corrected chi connectivity index (χ1v) is 7.68. The molecular weight excluding hydrogens is 320 g/mol. The molecule has 21 heavy (non-hydrogen) atoms. The number of nitrogens with two attached hydrogens (primary N) is 1. The third-order valence-corrected chi connectivity index (χ3v) is 4.13. The summed E-state index contributed by atoms with van der Waals surface area (Å²) in [6, 6.07) is 4.93. The van der Waals surface area contributed by atoms with E-state index < -0.39 is 20.9 Å². The highest BCUT2D eigenvalue weighted by Gasteiger charge is 2.15. The molecule has 0 aliphatic rings. The number of sulfonamides is 1. The highest BCUT2D eigenvalue weighted by molar-refractivity contribution is 7.89. The van der Waals surface area contributed by atoms with Crippen LogP contribution >= 0.6 is 11.3 Å². The summed E-state index contributed by atoms with van der Waals surface area (Å²) in [6.45, 7) is 0. The molecule has 2 aromatic rings. The number of anilines is 1. The van der Waals surface area contributed by atoms with Gasteiger partial charge in [-0.1, -0.05) is 0 Å². The summed E-state index contributed by atoms with van der Waals surface area (Å²) >= 11 is 0.713. The minimum Gasteiger partial charge on any atom is -0.298 e. The van der Waals surface area contributed by atoms with E-state index in [0.29, 0.717) is 11.3 Å². The summed E-state index contributed by atoms with van der Waals surface area (Å²) in [5.74, 6) is -0.569. The lowest BCUT2D eigenvalue weighted by Crippen LogP contribution is -2.14. The van der Waals surface area contributed by atoms with Crippen molar-refractivity contribution in [1.29, 1.82) is 0 Å². The molecule has 0 atom stereocenters. The van der Waals surface area contributed by atoms with Crippen LogP contribution in [0.25, 0.3) is 0 Å². The standard InChI is InChI=1S/C10H8N4O5S2/c11-21(18,19)7-3-1-6(2-4-7)9(15)13-10-12-5-8(20-10)14(16)17/h1-5H,(H2,11,18,19)(H,12,13,15). The molecule has 0 unspecified atom stereocenters. The van der Waals surface area contributed by atoms with Crippen LogP contribution in [0.3, 0.4) is 0 Å². The smallest absolute Gasteiger partial charge is 0.298 e. The monoisotopic (exact) mass is 328 g/mol. The Morgan fingerprint density at radius 3 is 2.43 bits per heavy atom. The summed E-state index contributed by atoms with van der Waals surface area (Å²) in [7, 11) is -3.83. The van der Waals surface area contributed by atoms with Gasteiger partial charge in [-0.2, -0.15) is 0 Å². The van der Waals surface area contributed by atoms with Crippen molar-refractivity contribution in [2.75, 3.05) is 5.32 Å². The fraction of sp³-hybridized carbons (Fsp3) is 0. The largest absolute Gasteiger partial charge is 0.345 e. The Labute approximate surface area is 122 Å². The molecule has 0 aliphatic heterocycles. The van der Waals surface area contributed by atoms with E-state index in [1.54, 1.807) is 0 Å². The number of hydrogen-bond donors (Lipinski definition) is 2. The lowest BCUT2D eigenvalue weighted by molar-refractivity contribution is -0.380. The molecule has 1 amide bonds. The molecule has 0 aliphatic carbocycles. The third-order valence-electron chi connectivity index (χ3n) is 2.34. The van der Waals surface area contributed by atoms with Crippen LogP contribution < -0.4 is 10.5 Å². The average Bonchev–Trinajstić information content (AvgIpc) is 2.86. The van der Waals surface area contributed by atoms with Crippen molar-refractivity contribution in [3.63, 3.8) is 0 Å². The number of thiazole rings is 1. The van der Waals surface area contributed by atoms with Crippen molar-refractivity contribution in [3.8, 4) is 0 Å². The van der Waals surface area contributed by atoms with Gasteiger partial charge < -0.3 is 0 Å². The van der Waals surface area contributed by atoms with E-state index in [1.165, 1.54) is 24.3 Å². The maximum absolute atomic E-state index is 11.9. The van der Waals surface area contributed by atoms with Gasteiger partial charge in [-0.25, -0.2) is 18.5 Å². The van der Waals surface area contributed by atoms with Gasteiger partial charge in [0.05, 0.1) is 9.82 Å². The number of nitrogens with one attached hydrogen (secondary N) is 1. The number of nitrogens with zero attached hydrogens (tertiary/aromatic N) is 2. The van der Waals surface area contributed by atoms with Gasteiger partial charge in [0.25, 0.3) is 5.91 Å². The summed E-state index contributed by atoms with van der Waals surface area (Å²) in [5, 5.41) is 17.7. The fourth-order valence-electron chi connectivity index (χ4n) is 1.37. The number of primary sulfonamides is 1. The number of carbonyl (C=O) groups is 1. The summed E-state index contributed by atoms with van der Waals surface area (Å²) < 4.78 is 22.2. The first-order valence-electron chi connectivity index (χ1n) is 5.32. The quantitative estimate of drug-likeness (QED) is 0.631. The molecule has 0 spiro atoms. The maximum Gasteiger partial charge on any atom is 0.345 e. The van der Waals surface area contributed by atoms with E-state index in [-0.39, 0.29) is 20.6 Å². The highest BCUT2D eigenvalue weighted by atomic mass is 32.2. The van der Waals surface area contributed by atoms with Crippen LogP contribution in [0.15, 0.2) is 35.4 Å². The van der Waals surface area contributed by atoms with Gasteiger partial charge >= 0.3 is 5.00 Å². The van der Waals surface area contributed by atoms with Gasteiger partial charge in [0, 0.05) is 5.56 Å². The van der Waals surface area contributed by atoms with Crippen molar-refractivity contribution in [3.05, 3.63) is 46.1 Å². The minimum absolute atomic E-state index is 0.0715. The lowest BCUT2D eigenvalue weighted by Gasteiger charge is -2.02. The minimum atomic E-state index is -3.83. The molecule has 9 nitrogen and oxygen atoms in total. The van der Waals surface area contributed by atoms with E-state index in [9.17, 15) is 23.3 Å². The molecule has 11 heteroatoms. The van der Waals surface area contributed by atoms with Crippen LogP contribution in [-0.4, -0.2) is 24.2 Å². The normalized spacial score (nSPS) is 11.1. The highest BCUT2D eigenvalue weighted by Crippen LogP contribution is 2.25. The van der Waals surface area contributed by atoms with Gasteiger partial charge in [-0.05, 0) is 35.6 Å². The second kappa shape index (κ2) is 5.55. The molecule has 1 aromatic carbocycles. The molecule has 110 valence electrons. The zero-order valence-electron chi connectivity index (χ0n) is 10.2. The number of benzene rings is 1. The van der Waals surface area contributed by atoms with Gasteiger partial charge in [-0.15, -0.1) is 0 Å². The van der Waals surface area contributed by atoms with Gasteiger partial charge in [0.2, 0.25) is 10.0 Å². The van der Waals surface area contributed by atoms with Crippen LogP contribution in [-0.2, 0) is 10.0 Å². The fourth-order valence-corrected chi connectivity index (χ4v) is 2.52. The van der Waals surface area contributed by atoms with Crippen LogP contribution in [0, 0.1) is 10.1 Å². The zero-order valence-corrected chi connectivity index (χ0v) is 11.8. The Kier molecular flexibility index (Phi) is 3.97. The average molecular weight is 328 g/mol. The number of hydrogen-bond acceptors (Lipinski definition) is 7. The van der Waals surface area contributed by atoms with E-state index >= 15 is 0 Å². The number of aromatic nitrogens is 1. The Morgan fingerprint density at radius 1 is 1.33 bits per heavy atom.